The molecule has 2 aromatic rings. The van der Waals surface area contributed by atoms with Gasteiger partial charge in [0.1, 0.15) is 10.5 Å². The van der Waals surface area contributed by atoms with Crippen LogP contribution in [0, 0.1) is 4.64 Å². The lowest BCUT2D eigenvalue weighted by Gasteiger charge is -2.37. The molecule has 0 unspecified atom stereocenters. The number of H-pyrrole nitrogens is 1. The SMILES string of the molecule is S=c1cc(N2CCN(c3ccc(Cl)cc3)CC2)[nH]cn1. The van der Waals surface area contributed by atoms with Crippen LogP contribution in [0.3, 0.4) is 0 Å². The maximum atomic E-state index is 5.92. The smallest absolute Gasteiger partial charge is 0.131 e. The summed E-state index contributed by atoms with van der Waals surface area (Å²) in [5.74, 6) is 1.04. The molecule has 0 saturated carbocycles. The van der Waals surface area contributed by atoms with Gasteiger partial charge in [-0.3, -0.25) is 0 Å². The van der Waals surface area contributed by atoms with Crippen molar-refractivity contribution in [3.05, 3.63) is 46.3 Å². The number of hydrogen-bond acceptors (Lipinski definition) is 4. The molecular weight excluding hydrogens is 292 g/mol. The van der Waals surface area contributed by atoms with Crippen molar-refractivity contribution in [3.8, 4) is 0 Å². The number of nitrogens with zero attached hydrogens (tertiary/aromatic N) is 3. The van der Waals surface area contributed by atoms with Crippen LogP contribution in [-0.4, -0.2) is 36.1 Å². The van der Waals surface area contributed by atoms with E-state index in [4.69, 9.17) is 23.8 Å². The first-order valence-electron chi connectivity index (χ1n) is 6.52. The molecule has 0 spiro atoms. The highest BCUT2D eigenvalue weighted by molar-refractivity contribution is 7.71. The molecular formula is C14H15ClN4S. The Bertz CT molecular complexity index is 632. The fourth-order valence-electron chi connectivity index (χ4n) is 2.40. The van der Waals surface area contributed by atoms with Crippen LogP contribution in [0.4, 0.5) is 11.5 Å². The van der Waals surface area contributed by atoms with Gasteiger partial charge in [0, 0.05) is 43.0 Å². The van der Waals surface area contributed by atoms with E-state index in [2.05, 4.69) is 31.9 Å². The summed E-state index contributed by atoms with van der Waals surface area (Å²) in [6.45, 7) is 3.87. The highest BCUT2D eigenvalue weighted by Gasteiger charge is 2.17. The van der Waals surface area contributed by atoms with Crippen LogP contribution in [0.25, 0.3) is 0 Å². The summed E-state index contributed by atoms with van der Waals surface area (Å²) in [5, 5.41) is 0.775. The van der Waals surface area contributed by atoms with Gasteiger partial charge in [0.05, 0.1) is 6.33 Å². The summed E-state index contributed by atoms with van der Waals surface area (Å²) in [7, 11) is 0. The molecule has 1 aromatic carbocycles. The van der Waals surface area contributed by atoms with Crippen molar-refractivity contribution in [2.24, 2.45) is 0 Å². The Morgan fingerprint density at radius 1 is 1.05 bits per heavy atom. The molecule has 3 rings (SSSR count). The molecule has 4 nitrogen and oxygen atoms in total. The van der Waals surface area contributed by atoms with Gasteiger partial charge in [-0.1, -0.05) is 23.8 Å². The van der Waals surface area contributed by atoms with Gasteiger partial charge in [-0.05, 0) is 24.3 Å². The third kappa shape index (κ3) is 2.94. The van der Waals surface area contributed by atoms with Crippen LogP contribution in [0.15, 0.2) is 36.7 Å². The number of anilines is 2. The van der Waals surface area contributed by atoms with E-state index in [0.29, 0.717) is 4.64 Å². The van der Waals surface area contributed by atoms with Crippen molar-refractivity contribution in [1.82, 2.24) is 9.97 Å². The van der Waals surface area contributed by atoms with Gasteiger partial charge in [-0.2, -0.15) is 0 Å². The molecule has 0 bridgehead atoms. The molecule has 1 fully saturated rings. The van der Waals surface area contributed by atoms with Crippen molar-refractivity contribution < 1.29 is 0 Å². The van der Waals surface area contributed by atoms with E-state index in [1.54, 1.807) is 6.33 Å². The van der Waals surface area contributed by atoms with Gasteiger partial charge in [0.15, 0.2) is 0 Å². The zero-order valence-corrected chi connectivity index (χ0v) is 12.5. The summed E-state index contributed by atoms with van der Waals surface area (Å²) in [6.07, 6.45) is 1.66. The lowest BCUT2D eigenvalue weighted by Crippen LogP contribution is -2.46. The van der Waals surface area contributed by atoms with Crippen LogP contribution >= 0.6 is 23.8 Å². The molecule has 0 aliphatic carbocycles. The normalized spacial score (nSPS) is 15.4. The van der Waals surface area contributed by atoms with E-state index in [1.807, 2.05) is 18.2 Å². The molecule has 6 heteroatoms. The summed E-state index contributed by atoms with van der Waals surface area (Å²) >= 11 is 11.0. The fourth-order valence-corrected chi connectivity index (χ4v) is 2.69. The Hall–Kier alpha value is -1.59. The number of hydrogen-bond donors (Lipinski definition) is 1. The van der Waals surface area contributed by atoms with E-state index in [9.17, 15) is 0 Å². The highest BCUT2D eigenvalue weighted by atomic mass is 35.5. The van der Waals surface area contributed by atoms with E-state index >= 15 is 0 Å². The molecule has 0 atom stereocenters. The fraction of sp³-hybridized carbons (Fsp3) is 0.286. The monoisotopic (exact) mass is 306 g/mol. The molecule has 104 valence electrons. The van der Waals surface area contributed by atoms with Gasteiger partial charge in [-0.25, -0.2) is 4.98 Å². The van der Waals surface area contributed by atoms with Crippen molar-refractivity contribution in [3.63, 3.8) is 0 Å². The number of benzene rings is 1. The van der Waals surface area contributed by atoms with Gasteiger partial charge in [0.25, 0.3) is 0 Å². The van der Waals surface area contributed by atoms with Crippen LogP contribution < -0.4 is 9.80 Å². The Morgan fingerprint density at radius 3 is 2.35 bits per heavy atom. The predicted molar refractivity (Wildman–Crippen MR) is 85.3 cm³/mol. The quantitative estimate of drug-likeness (QED) is 0.865. The number of piperazine rings is 1. The molecule has 0 amide bonds. The first-order valence-corrected chi connectivity index (χ1v) is 7.31. The maximum absolute atomic E-state index is 5.92. The average molecular weight is 307 g/mol. The molecule has 1 aromatic heterocycles. The Morgan fingerprint density at radius 2 is 1.70 bits per heavy atom. The summed E-state index contributed by atoms with van der Waals surface area (Å²) < 4.78 is 0.624. The Kier molecular flexibility index (Phi) is 3.89. The van der Waals surface area contributed by atoms with Crippen molar-refractivity contribution in [2.45, 2.75) is 0 Å². The second kappa shape index (κ2) is 5.81. The molecule has 1 aliphatic heterocycles. The topological polar surface area (TPSA) is 35.2 Å². The Balaban J connectivity index is 1.67. The second-order valence-corrected chi connectivity index (χ2v) is 5.58. The molecule has 20 heavy (non-hydrogen) atoms. The van der Waals surface area contributed by atoms with Crippen LogP contribution in [-0.2, 0) is 0 Å². The van der Waals surface area contributed by atoms with E-state index in [-0.39, 0.29) is 0 Å². The maximum Gasteiger partial charge on any atom is 0.131 e. The largest absolute Gasteiger partial charge is 0.368 e. The molecule has 1 saturated heterocycles. The van der Waals surface area contributed by atoms with Crippen LogP contribution in [0.2, 0.25) is 5.02 Å². The third-order valence-corrected chi connectivity index (χ3v) is 3.95. The minimum absolute atomic E-state index is 0.624. The first-order chi connectivity index (χ1) is 9.72. The second-order valence-electron chi connectivity index (χ2n) is 4.72. The first kappa shape index (κ1) is 13.4. The van der Waals surface area contributed by atoms with Gasteiger partial charge in [-0.15, -0.1) is 0 Å². The van der Waals surface area contributed by atoms with Gasteiger partial charge in [0.2, 0.25) is 0 Å². The van der Waals surface area contributed by atoms with E-state index < -0.39 is 0 Å². The van der Waals surface area contributed by atoms with Gasteiger partial charge < -0.3 is 14.8 Å². The standard InChI is InChI=1S/C14H15ClN4S/c15-11-1-3-12(4-2-11)18-5-7-19(8-6-18)13-9-14(20)17-10-16-13/h1-4,9-10H,5-8H2,(H,16,17,20). The summed E-state index contributed by atoms with van der Waals surface area (Å²) in [5.41, 5.74) is 1.22. The Labute approximate surface area is 128 Å². The molecule has 2 heterocycles. The molecule has 1 N–H and O–H groups in total. The minimum Gasteiger partial charge on any atom is -0.368 e. The third-order valence-electron chi connectivity index (χ3n) is 3.48. The minimum atomic E-state index is 0.624. The number of rotatable bonds is 2. The van der Waals surface area contributed by atoms with Crippen LogP contribution in [0.1, 0.15) is 0 Å². The number of aromatic amines is 1. The van der Waals surface area contributed by atoms with E-state index in [0.717, 1.165) is 37.0 Å². The predicted octanol–water partition coefficient (Wildman–Crippen LogP) is 3.12. The highest BCUT2D eigenvalue weighted by Crippen LogP contribution is 2.21. The van der Waals surface area contributed by atoms with Crippen molar-refractivity contribution in [1.29, 1.82) is 0 Å². The zero-order valence-electron chi connectivity index (χ0n) is 10.9. The molecule has 0 radical (unpaired) electrons. The van der Waals surface area contributed by atoms with Gasteiger partial charge >= 0.3 is 0 Å². The number of halogens is 1. The number of nitrogens with one attached hydrogen (secondary N) is 1. The van der Waals surface area contributed by atoms with Crippen molar-refractivity contribution in [2.75, 3.05) is 36.0 Å². The van der Waals surface area contributed by atoms with Crippen molar-refractivity contribution >= 4 is 35.3 Å². The lowest BCUT2D eigenvalue weighted by molar-refractivity contribution is 0.646. The van der Waals surface area contributed by atoms with E-state index in [1.165, 1.54) is 5.69 Å². The zero-order chi connectivity index (χ0) is 13.9. The average Bonchev–Trinajstić information content (AvgIpc) is 2.48. The summed E-state index contributed by atoms with van der Waals surface area (Å²) in [4.78, 5) is 11.8. The van der Waals surface area contributed by atoms with Crippen LogP contribution in [0.5, 0.6) is 0 Å². The summed E-state index contributed by atoms with van der Waals surface area (Å²) in [6, 6.07) is 9.91. The lowest BCUT2D eigenvalue weighted by atomic mass is 10.2. The molecule has 1 aliphatic rings. The number of aromatic nitrogens is 2.